The molecule has 1 amide bonds. The predicted molar refractivity (Wildman–Crippen MR) is 102 cm³/mol. The minimum Gasteiger partial charge on any atom is -0.305 e. The Morgan fingerprint density at radius 2 is 1.77 bits per heavy atom. The molecular formula is C16H13Cl2N7O. The number of amides is 1. The van der Waals surface area contributed by atoms with Crippen molar-refractivity contribution in [3.63, 3.8) is 0 Å². The molecule has 0 aliphatic rings. The second-order valence-electron chi connectivity index (χ2n) is 4.96. The van der Waals surface area contributed by atoms with E-state index in [4.69, 9.17) is 0 Å². The van der Waals surface area contributed by atoms with E-state index in [1.807, 2.05) is 12.1 Å². The largest absolute Gasteiger partial charge is 0.305 e. The zero-order valence-corrected chi connectivity index (χ0v) is 14.8. The Balaban J connectivity index is 0.00000121. The third-order valence-corrected chi connectivity index (χ3v) is 3.38. The number of hydrogen-bond donors (Lipinski definition) is 2. The van der Waals surface area contributed by atoms with Crippen LogP contribution in [0.5, 0.6) is 0 Å². The molecule has 132 valence electrons. The van der Waals surface area contributed by atoms with Crippen LogP contribution >= 0.6 is 24.8 Å². The SMILES string of the molecule is Cl.Cl.O=C(Nc1[nH]nc2ncc(-c3cccnc3)nc12)c1cccnc1. The minimum atomic E-state index is -0.303. The first kappa shape index (κ1) is 19.2. The summed E-state index contributed by atoms with van der Waals surface area (Å²) < 4.78 is 0. The normalized spacial score (nSPS) is 9.85. The number of nitrogens with zero attached hydrogens (tertiary/aromatic N) is 5. The lowest BCUT2D eigenvalue weighted by Gasteiger charge is -2.03. The van der Waals surface area contributed by atoms with Crippen molar-refractivity contribution in [3.05, 3.63) is 60.8 Å². The van der Waals surface area contributed by atoms with Crippen molar-refractivity contribution in [2.75, 3.05) is 5.32 Å². The number of rotatable bonds is 3. The van der Waals surface area contributed by atoms with Gasteiger partial charge in [-0.3, -0.25) is 19.9 Å². The average molecular weight is 390 g/mol. The number of hydrogen-bond acceptors (Lipinski definition) is 6. The number of anilines is 1. The smallest absolute Gasteiger partial charge is 0.258 e. The number of carbonyl (C=O) groups excluding carboxylic acids is 1. The van der Waals surface area contributed by atoms with Gasteiger partial charge in [0, 0.05) is 30.4 Å². The number of aromatic amines is 1. The molecule has 0 aliphatic heterocycles. The van der Waals surface area contributed by atoms with Crippen LogP contribution in [0.1, 0.15) is 10.4 Å². The van der Waals surface area contributed by atoms with Gasteiger partial charge < -0.3 is 5.32 Å². The van der Waals surface area contributed by atoms with Gasteiger partial charge in [-0.25, -0.2) is 9.97 Å². The topological polar surface area (TPSA) is 109 Å². The highest BCUT2D eigenvalue weighted by Gasteiger charge is 2.14. The van der Waals surface area contributed by atoms with Crippen LogP contribution < -0.4 is 5.32 Å². The number of pyridine rings is 2. The van der Waals surface area contributed by atoms with Crippen LogP contribution in [0.15, 0.2) is 55.2 Å². The highest BCUT2D eigenvalue weighted by Crippen LogP contribution is 2.21. The molecule has 0 saturated carbocycles. The Morgan fingerprint density at radius 3 is 2.46 bits per heavy atom. The van der Waals surface area contributed by atoms with Crippen molar-refractivity contribution in [3.8, 4) is 11.3 Å². The van der Waals surface area contributed by atoms with Crippen molar-refractivity contribution < 1.29 is 4.79 Å². The Kier molecular flexibility index (Phi) is 6.16. The van der Waals surface area contributed by atoms with E-state index in [9.17, 15) is 4.79 Å². The lowest BCUT2D eigenvalue weighted by Crippen LogP contribution is -2.12. The summed E-state index contributed by atoms with van der Waals surface area (Å²) in [5.41, 5.74) is 2.82. The predicted octanol–water partition coefficient (Wildman–Crippen LogP) is 2.91. The van der Waals surface area contributed by atoms with E-state index in [1.165, 1.54) is 6.20 Å². The fourth-order valence-corrected chi connectivity index (χ4v) is 2.22. The van der Waals surface area contributed by atoms with Crippen LogP contribution in [0.2, 0.25) is 0 Å². The molecule has 26 heavy (non-hydrogen) atoms. The fraction of sp³-hybridized carbons (Fsp3) is 0. The molecule has 0 saturated heterocycles. The third-order valence-electron chi connectivity index (χ3n) is 3.38. The minimum absolute atomic E-state index is 0. The van der Waals surface area contributed by atoms with Crippen LogP contribution in [-0.2, 0) is 0 Å². The van der Waals surface area contributed by atoms with Gasteiger partial charge in [0.2, 0.25) is 5.65 Å². The van der Waals surface area contributed by atoms with Crippen LogP contribution in [0, 0.1) is 0 Å². The molecule has 4 heterocycles. The van der Waals surface area contributed by atoms with Gasteiger partial charge >= 0.3 is 0 Å². The number of fused-ring (bicyclic) bond motifs is 1. The standard InChI is InChI=1S/C16H11N7O.2ClH/c24-16(11-4-2-6-18-8-11)21-15-13-14(22-23-15)19-9-12(20-13)10-3-1-5-17-7-10;;/h1-9H,(H2,19,21,22,23,24);2*1H. The lowest BCUT2D eigenvalue weighted by atomic mass is 10.2. The molecule has 0 atom stereocenters. The van der Waals surface area contributed by atoms with E-state index < -0.39 is 0 Å². The summed E-state index contributed by atoms with van der Waals surface area (Å²) in [5, 5.41) is 9.55. The summed E-state index contributed by atoms with van der Waals surface area (Å²) in [6.45, 7) is 0. The second-order valence-corrected chi connectivity index (χ2v) is 4.96. The van der Waals surface area contributed by atoms with E-state index in [0.29, 0.717) is 28.2 Å². The van der Waals surface area contributed by atoms with Crippen LogP contribution in [0.25, 0.3) is 22.4 Å². The van der Waals surface area contributed by atoms with Gasteiger partial charge in [-0.1, -0.05) is 0 Å². The third kappa shape index (κ3) is 3.76. The quantitative estimate of drug-likeness (QED) is 0.557. The summed E-state index contributed by atoms with van der Waals surface area (Å²) in [7, 11) is 0. The summed E-state index contributed by atoms with van der Waals surface area (Å²) in [6, 6.07) is 7.08. The fourth-order valence-electron chi connectivity index (χ4n) is 2.22. The molecule has 4 aromatic heterocycles. The average Bonchev–Trinajstić information content (AvgIpc) is 3.05. The lowest BCUT2D eigenvalue weighted by molar-refractivity contribution is 0.102. The van der Waals surface area contributed by atoms with E-state index in [0.717, 1.165) is 5.56 Å². The summed E-state index contributed by atoms with van der Waals surface area (Å²) in [5.74, 6) is 0.0827. The Labute approximate surface area is 160 Å². The second kappa shape index (κ2) is 8.32. The van der Waals surface area contributed by atoms with Crippen LogP contribution in [0.3, 0.4) is 0 Å². The molecule has 0 fully saturated rings. The van der Waals surface area contributed by atoms with Crippen molar-refractivity contribution in [2.45, 2.75) is 0 Å². The van der Waals surface area contributed by atoms with Gasteiger partial charge in [-0.05, 0) is 24.3 Å². The maximum absolute atomic E-state index is 12.3. The molecule has 4 aromatic rings. The van der Waals surface area contributed by atoms with Crippen LogP contribution in [0.4, 0.5) is 5.82 Å². The van der Waals surface area contributed by atoms with Crippen molar-refractivity contribution >= 4 is 47.7 Å². The van der Waals surface area contributed by atoms with Crippen LogP contribution in [-0.4, -0.2) is 36.0 Å². The molecule has 10 heteroatoms. The van der Waals surface area contributed by atoms with Crippen molar-refractivity contribution in [1.82, 2.24) is 30.1 Å². The maximum atomic E-state index is 12.3. The van der Waals surface area contributed by atoms with Gasteiger partial charge in [0.1, 0.15) is 0 Å². The molecule has 0 aromatic carbocycles. The molecule has 0 unspecified atom stereocenters. The molecule has 0 radical (unpaired) electrons. The van der Waals surface area contributed by atoms with E-state index in [1.54, 1.807) is 36.9 Å². The Morgan fingerprint density at radius 1 is 1.00 bits per heavy atom. The first-order valence-corrected chi connectivity index (χ1v) is 7.14. The number of aromatic nitrogens is 6. The molecule has 0 spiro atoms. The van der Waals surface area contributed by atoms with Gasteiger partial charge in [0.15, 0.2) is 11.3 Å². The van der Waals surface area contributed by atoms with Crippen molar-refractivity contribution in [2.24, 2.45) is 0 Å². The van der Waals surface area contributed by atoms with E-state index in [2.05, 4.69) is 35.5 Å². The summed E-state index contributed by atoms with van der Waals surface area (Å²) in [6.07, 6.45) is 8.10. The Hall–Kier alpha value is -3.10. The van der Waals surface area contributed by atoms with E-state index >= 15 is 0 Å². The van der Waals surface area contributed by atoms with Gasteiger partial charge in [0.05, 0.1) is 17.5 Å². The number of H-pyrrole nitrogens is 1. The Bertz CT molecular complexity index is 1010. The molecular weight excluding hydrogens is 377 g/mol. The molecule has 0 aliphatic carbocycles. The molecule has 4 rings (SSSR count). The molecule has 8 nitrogen and oxygen atoms in total. The first-order valence-electron chi connectivity index (χ1n) is 7.14. The van der Waals surface area contributed by atoms with Gasteiger partial charge in [0.25, 0.3) is 5.91 Å². The maximum Gasteiger partial charge on any atom is 0.258 e. The zero-order chi connectivity index (χ0) is 16.4. The number of carbonyl (C=O) groups is 1. The first-order chi connectivity index (χ1) is 11.8. The zero-order valence-electron chi connectivity index (χ0n) is 13.2. The molecule has 0 bridgehead atoms. The number of nitrogens with one attached hydrogen (secondary N) is 2. The highest BCUT2D eigenvalue weighted by atomic mass is 35.5. The number of halogens is 2. The van der Waals surface area contributed by atoms with Gasteiger partial charge in [-0.15, -0.1) is 24.8 Å². The summed E-state index contributed by atoms with van der Waals surface area (Å²) in [4.78, 5) is 29.0. The van der Waals surface area contributed by atoms with Gasteiger partial charge in [-0.2, -0.15) is 5.10 Å². The highest BCUT2D eigenvalue weighted by molar-refractivity contribution is 6.06. The molecule has 2 N–H and O–H groups in total. The monoisotopic (exact) mass is 389 g/mol. The van der Waals surface area contributed by atoms with E-state index in [-0.39, 0.29) is 30.7 Å². The van der Waals surface area contributed by atoms with Crippen molar-refractivity contribution in [1.29, 1.82) is 0 Å². The summed E-state index contributed by atoms with van der Waals surface area (Å²) >= 11 is 0.